The maximum Gasteiger partial charge on any atom is 0.120 e. The Kier molecular flexibility index (Phi) is 2.55. The molecule has 0 amide bonds. The van der Waals surface area contributed by atoms with Crippen LogP contribution in [0.25, 0.3) is 0 Å². The lowest BCUT2D eigenvalue weighted by Gasteiger charge is -2.45. The van der Waals surface area contributed by atoms with Crippen LogP contribution in [0.15, 0.2) is 0 Å². The van der Waals surface area contributed by atoms with E-state index < -0.39 is 0 Å². The van der Waals surface area contributed by atoms with E-state index in [0.29, 0.717) is 5.92 Å². The van der Waals surface area contributed by atoms with Crippen LogP contribution in [-0.2, 0) is 4.74 Å². The van der Waals surface area contributed by atoms with Crippen LogP contribution < -0.4 is 0 Å². The molecule has 2 nitrogen and oxygen atoms in total. The number of rotatable bonds is 1. The van der Waals surface area contributed by atoms with Gasteiger partial charge in [0.1, 0.15) is 5.72 Å². The average molecular weight is 157 g/mol. The van der Waals surface area contributed by atoms with Crippen molar-refractivity contribution in [2.45, 2.75) is 32.9 Å². The van der Waals surface area contributed by atoms with Gasteiger partial charge in [-0.1, -0.05) is 13.8 Å². The molecule has 1 unspecified atom stereocenters. The summed E-state index contributed by atoms with van der Waals surface area (Å²) in [6.45, 7) is 8.67. The predicted octanol–water partition coefficient (Wildman–Crippen LogP) is 1.71. The first-order valence-corrected chi connectivity index (χ1v) is 4.42. The molecule has 1 saturated heterocycles. The first kappa shape index (κ1) is 9.01. The lowest BCUT2D eigenvalue weighted by molar-refractivity contribution is -0.189. The van der Waals surface area contributed by atoms with Crippen molar-refractivity contribution in [1.82, 2.24) is 4.90 Å². The number of nitrogens with zero attached hydrogens (tertiary/aromatic N) is 1. The van der Waals surface area contributed by atoms with E-state index >= 15 is 0 Å². The van der Waals surface area contributed by atoms with E-state index in [-0.39, 0.29) is 5.72 Å². The molecule has 1 aliphatic rings. The minimum Gasteiger partial charge on any atom is -0.360 e. The van der Waals surface area contributed by atoms with E-state index in [1.165, 1.54) is 6.42 Å². The third-order valence-corrected chi connectivity index (χ3v) is 2.86. The molecule has 0 radical (unpaired) electrons. The Morgan fingerprint density at radius 1 is 1.45 bits per heavy atom. The van der Waals surface area contributed by atoms with E-state index in [4.69, 9.17) is 4.74 Å². The van der Waals surface area contributed by atoms with E-state index in [1.807, 2.05) is 0 Å². The van der Waals surface area contributed by atoms with Gasteiger partial charge in [0.25, 0.3) is 0 Å². The average Bonchev–Trinajstić information content (AvgIpc) is 1.95. The highest BCUT2D eigenvalue weighted by Crippen LogP contribution is 2.27. The molecule has 0 N–H and O–H groups in total. The van der Waals surface area contributed by atoms with E-state index in [2.05, 4.69) is 32.7 Å². The van der Waals surface area contributed by atoms with E-state index in [9.17, 15) is 0 Å². The number of hydrogen-bond donors (Lipinski definition) is 0. The maximum absolute atomic E-state index is 5.77. The van der Waals surface area contributed by atoms with Crippen LogP contribution in [0.5, 0.6) is 0 Å². The van der Waals surface area contributed by atoms with Crippen molar-refractivity contribution < 1.29 is 4.74 Å². The Hall–Kier alpha value is -0.0800. The van der Waals surface area contributed by atoms with Crippen molar-refractivity contribution in [3.8, 4) is 0 Å². The second-order valence-corrected chi connectivity index (χ2v) is 3.83. The van der Waals surface area contributed by atoms with Crippen molar-refractivity contribution in [2.24, 2.45) is 5.92 Å². The fraction of sp³-hybridized carbons (Fsp3) is 1.00. The van der Waals surface area contributed by atoms with Crippen molar-refractivity contribution in [1.29, 1.82) is 0 Å². The molecule has 0 bridgehead atoms. The van der Waals surface area contributed by atoms with E-state index in [0.717, 1.165) is 13.2 Å². The molecule has 1 atom stereocenters. The first-order valence-electron chi connectivity index (χ1n) is 4.42. The molecule has 1 aliphatic heterocycles. The lowest BCUT2D eigenvalue weighted by Crippen LogP contribution is -2.53. The van der Waals surface area contributed by atoms with Gasteiger partial charge in [0, 0.05) is 6.54 Å². The molecule has 11 heavy (non-hydrogen) atoms. The standard InChI is InChI=1S/C9H19NO/c1-8(2)9(3)10(4)6-5-7-11-9/h8H,5-7H2,1-4H3. The van der Waals surface area contributed by atoms with Gasteiger partial charge in [0.15, 0.2) is 0 Å². The summed E-state index contributed by atoms with van der Waals surface area (Å²) in [7, 11) is 2.14. The zero-order valence-electron chi connectivity index (χ0n) is 8.05. The molecule has 0 aromatic heterocycles. The van der Waals surface area contributed by atoms with Gasteiger partial charge in [-0.3, -0.25) is 4.90 Å². The van der Waals surface area contributed by atoms with Gasteiger partial charge >= 0.3 is 0 Å². The SMILES string of the molecule is CC(C)C1(C)OCCCN1C. The molecule has 0 aromatic carbocycles. The van der Waals surface area contributed by atoms with Crippen molar-refractivity contribution >= 4 is 0 Å². The first-order chi connectivity index (χ1) is 5.07. The summed E-state index contributed by atoms with van der Waals surface area (Å²) < 4.78 is 5.77. The Balaban J connectivity index is 2.64. The quantitative estimate of drug-likeness (QED) is 0.574. The Morgan fingerprint density at radius 3 is 2.45 bits per heavy atom. The topological polar surface area (TPSA) is 12.5 Å². The zero-order chi connectivity index (χ0) is 8.48. The summed E-state index contributed by atoms with van der Waals surface area (Å²) in [5.74, 6) is 0.563. The van der Waals surface area contributed by atoms with Gasteiger partial charge in [-0.15, -0.1) is 0 Å². The van der Waals surface area contributed by atoms with E-state index in [1.54, 1.807) is 0 Å². The highest BCUT2D eigenvalue weighted by molar-refractivity contribution is 4.80. The minimum atomic E-state index is -0.0295. The Morgan fingerprint density at radius 2 is 2.09 bits per heavy atom. The molecule has 0 spiro atoms. The smallest absolute Gasteiger partial charge is 0.120 e. The summed E-state index contributed by atoms with van der Waals surface area (Å²) >= 11 is 0. The highest BCUT2D eigenvalue weighted by Gasteiger charge is 2.35. The maximum atomic E-state index is 5.77. The van der Waals surface area contributed by atoms with Crippen LogP contribution in [-0.4, -0.2) is 30.8 Å². The fourth-order valence-corrected chi connectivity index (χ4v) is 1.52. The monoisotopic (exact) mass is 157 g/mol. The molecular formula is C9H19NO. The molecule has 1 fully saturated rings. The molecule has 66 valence electrons. The van der Waals surface area contributed by atoms with Crippen LogP contribution in [0.4, 0.5) is 0 Å². The van der Waals surface area contributed by atoms with Gasteiger partial charge < -0.3 is 4.74 Å². The molecule has 1 rings (SSSR count). The normalized spacial score (nSPS) is 34.6. The van der Waals surface area contributed by atoms with Crippen LogP contribution in [0.3, 0.4) is 0 Å². The van der Waals surface area contributed by atoms with Gasteiger partial charge in [-0.25, -0.2) is 0 Å². The third-order valence-electron chi connectivity index (χ3n) is 2.86. The van der Waals surface area contributed by atoms with Gasteiger partial charge in [0.05, 0.1) is 6.61 Å². The fourth-order valence-electron chi connectivity index (χ4n) is 1.52. The lowest BCUT2D eigenvalue weighted by atomic mass is 9.98. The molecular weight excluding hydrogens is 138 g/mol. The summed E-state index contributed by atoms with van der Waals surface area (Å²) in [6, 6.07) is 0. The van der Waals surface area contributed by atoms with Crippen molar-refractivity contribution in [2.75, 3.05) is 20.2 Å². The summed E-state index contributed by atoms with van der Waals surface area (Å²) in [5, 5.41) is 0. The molecule has 0 aliphatic carbocycles. The van der Waals surface area contributed by atoms with Crippen LogP contribution in [0, 0.1) is 5.92 Å². The molecule has 1 heterocycles. The summed E-state index contributed by atoms with van der Waals surface area (Å²) in [5.41, 5.74) is -0.0295. The number of hydrogen-bond acceptors (Lipinski definition) is 2. The number of ether oxygens (including phenoxy) is 1. The predicted molar refractivity (Wildman–Crippen MR) is 46.4 cm³/mol. The van der Waals surface area contributed by atoms with Crippen LogP contribution in [0.1, 0.15) is 27.2 Å². The zero-order valence-corrected chi connectivity index (χ0v) is 8.05. The molecule has 0 aromatic rings. The van der Waals surface area contributed by atoms with Crippen molar-refractivity contribution in [3.63, 3.8) is 0 Å². The second-order valence-electron chi connectivity index (χ2n) is 3.83. The Bertz CT molecular complexity index is 136. The third kappa shape index (κ3) is 1.57. The summed E-state index contributed by atoms with van der Waals surface area (Å²) in [4.78, 5) is 2.31. The minimum absolute atomic E-state index is 0.0295. The molecule has 0 saturated carbocycles. The Labute approximate surface area is 69.5 Å². The van der Waals surface area contributed by atoms with Gasteiger partial charge in [-0.2, -0.15) is 0 Å². The van der Waals surface area contributed by atoms with Crippen LogP contribution >= 0.6 is 0 Å². The second kappa shape index (κ2) is 3.11. The highest BCUT2D eigenvalue weighted by atomic mass is 16.5. The van der Waals surface area contributed by atoms with Crippen molar-refractivity contribution in [3.05, 3.63) is 0 Å². The largest absolute Gasteiger partial charge is 0.360 e. The summed E-state index contributed by atoms with van der Waals surface area (Å²) in [6.07, 6.45) is 1.17. The van der Waals surface area contributed by atoms with Crippen LogP contribution in [0.2, 0.25) is 0 Å². The van der Waals surface area contributed by atoms with Gasteiger partial charge in [0.2, 0.25) is 0 Å². The molecule has 2 heteroatoms. The van der Waals surface area contributed by atoms with Gasteiger partial charge in [-0.05, 0) is 26.3 Å².